The summed E-state index contributed by atoms with van der Waals surface area (Å²) < 4.78 is 7.03. The molecule has 1 unspecified atom stereocenters. The molecule has 0 aliphatic carbocycles. The molecule has 0 radical (unpaired) electrons. The van der Waals surface area contributed by atoms with Gasteiger partial charge < -0.3 is 9.14 Å². The molecule has 108 valence electrons. The normalized spacial score (nSPS) is 17.8. The van der Waals surface area contributed by atoms with Crippen LogP contribution in [0.15, 0.2) is 42.6 Å². The fourth-order valence-electron chi connectivity index (χ4n) is 2.42. The summed E-state index contributed by atoms with van der Waals surface area (Å²) in [6, 6.07) is 7.19. The summed E-state index contributed by atoms with van der Waals surface area (Å²) in [5, 5.41) is 0. The Hall–Kier alpha value is -2.60. The number of ether oxygens (including phenoxy) is 1. The first-order valence-electron chi connectivity index (χ1n) is 6.71. The number of rotatable bonds is 3. The fourth-order valence-corrected chi connectivity index (χ4v) is 2.42. The van der Waals surface area contributed by atoms with Crippen LogP contribution in [0.5, 0.6) is 0 Å². The van der Waals surface area contributed by atoms with E-state index >= 15 is 0 Å². The van der Waals surface area contributed by atoms with Gasteiger partial charge in [0, 0.05) is 17.8 Å². The molecule has 2 N–H and O–H groups in total. The van der Waals surface area contributed by atoms with E-state index in [-0.39, 0.29) is 17.9 Å². The van der Waals surface area contributed by atoms with E-state index < -0.39 is 0 Å². The van der Waals surface area contributed by atoms with E-state index in [1.165, 1.54) is 6.08 Å². The first-order chi connectivity index (χ1) is 10.2. The van der Waals surface area contributed by atoms with Gasteiger partial charge in [-0.05, 0) is 25.1 Å². The first-order valence-corrected chi connectivity index (χ1v) is 6.71. The molecule has 3 rings (SSSR count). The summed E-state index contributed by atoms with van der Waals surface area (Å²) in [5.41, 5.74) is 7.54. The number of nitrogens with one attached hydrogen (secondary N) is 2. The van der Waals surface area contributed by atoms with Gasteiger partial charge in [0.15, 0.2) is 0 Å². The van der Waals surface area contributed by atoms with Crippen molar-refractivity contribution in [3.63, 3.8) is 0 Å². The molecule has 6 nitrogen and oxygen atoms in total. The van der Waals surface area contributed by atoms with Crippen molar-refractivity contribution in [2.24, 2.45) is 0 Å². The molecule has 2 aromatic heterocycles. The number of hydrogen-bond acceptors (Lipinski definition) is 4. The fraction of sp³-hybridized carbons (Fsp3) is 0.200. The number of pyridine rings is 1. The van der Waals surface area contributed by atoms with Gasteiger partial charge >= 0.3 is 5.97 Å². The van der Waals surface area contributed by atoms with Gasteiger partial charge in [-0.2, -0.15) is 0 Å². The Bertz CT molecular complexity index is 733. The minimum absolute atomic E-state index is 0.218. The maximum Gasteiger partial charge on any atom is 0.340 e. The largest absolute Gasteiger partial charge is 0.462 e. The summed E-state index contributed by atoms with van der Waals surface area (Å²) in [7, 11) is 0. The van der Waals surface area contributed by atoms with Crippen molar-refractivity contribution in [3.8, 4) is 0 Å². The van der Waals surface area contributed by atoms with Gasteiger partial charge in [0.05, 0.1) is 23.9 Å². The number of carbonyl (C=O) groups excluding carboxylic acids is 2. The lowest BCUT2D eigenvalue weighted by Crippen LogP contribution is -2.42. The molecular weight excluding hydrogens is 270 g/mol. The highest BCUT2D eigenvalue weighted by atomic mass is 16.5. The van der Waals surface area contributed by atoms with Crippen molar-refractivity contribution in [2.75, 3.05) is 6.61 Å². The Kier molecular flexibility index (Phi) is 3.45. The van der Waals surface area contributed by atoms with Gasteiger partial charge in [-0.1, -0.05) is 12.1 Å². The SMILES string of the molecule is CCOC(=O)c1cc2ccccn2c1C1C=CC(=O)NN1. The molecule has 1 aliphatic rings. The lowest BCUT2D eigenvalue weighted by atomic mass is 10.1. The maximum atomic E-state index is 12.2. The van der Waals surface area contributed by atoms with E-state index in [0.29, 0.717) is 12.2 Å². The van der Waals surface area contributed by atoms with Crippen molar-refractivity contribution in [1.29, 1.82) is 0 Å². The lowest BCUT2D eigenvalue weighted by molar-refractivity contribution is -0.118. The van der Waals surface area contributed by atoms with Crippen LogP contribution in [0.2, 0.25) is 0 Å². The van der Waals surface area contributed by atoms with Crippen LogP contribution >= 0.6 is 0 Å². The molecule has 3 heterocycles. The molecule has 0 spiro atoms. The molecule has 2 aromatic rings. The summed E-state index contributed by atoms with van der Waals surface area (Å²) in [6.07, 6.45) is 5.04. The van der Waals surface area contributed by atoms with E-state index in [4.69, 9.17) is 4.74 Å². The number of hydrogen-bond donors (Lipinski definition) is 2. The summed E-state index contributed by atoms with van der Waals surface area (Å²) in [6.45, 7) is 2.08. The number of carbonyl (C=O) groups is 2. The van der Waals surface area contributed by atoms with Crippen LogP contribution in [0.1, 0.15) is 29.0 Å². The molecule has 0 fully saturated rings. The van der Waals surface area contributed by atoms with Crippen LogP contribution in [0.3, 0.4) is 0 Å². The third-order valence-corrected chi connectivity index (χ3v) is 3.30. The van der Waals surface area contributed by atoms with E-state index in [9.17, 15) is 9.59 Å². The molecule has 1 aliphatic heterocycles. The van der Waals surface area contributed by atoms with Crippen molar-refractivity contribution < 1.29 is 14.3 Å². The zero-order valence-electron chi connectivity index (χ0n) is 11.5. The molecule has 21 heavy (non-hydrogen) atoms. The molecule has 0 bridgehead atoms. The second-order valence-electron chi connectivity index (χ2n) is 4.63. The van der Waals surface area contributed by atoms with Gasteiger partial charge in [0.2, 0.25) is 0 Å². The molecule has 0 saturated heterocycles. The van der Waals surface area contributed by atoms with Crippen LogP contribution in [-0.2, 0) is 9.53 Å². The Morgan fingerprint density at radius 1 is 1.43 bits per heavy atom. The average molecular weight is 285 g/mol. The van der Waals surface area contributed by atoms with Gasteiger partial charge in [0.1, 0.15) is 0 Å². The van der Waals surface area contributed by atoms with E-state index in [0.717, 1.165) is 11.2 Å². The van der Waals surface area contributed by atoms with Crippen LogP contribution in [0.25, 0.3) is 5.52 Å². The monoisotopic (exact) mass is 285 g/mol. The van der Waals surface area contributed by atoms with Crippen LogP contribution in [-0.4, -0.2) is 22.9 Å². The number of amides is 1. The highest BCUT2D eigenvalue weighted by Crippen LogP contribution is 2.25. The molecule has 1 atom stereocenters. The Morgan fingerprint density at radius 2 is 2.29 bits per heavy atom. The Morgan fingerprint density at radius 3 is 3.00 bits per heavy atom. The highest BCUT2D eigenvalue weighted by Gasteiger charge is 2.25. The molecule has 0 aromatic carbocycles. The smallest absolute Gasteiger partial charge is 0.340 e. The average Bonchev–Trinajstić information content (AvgIpc) is 2.88. The summed E-state index contributed by atoms with van der Waals surface area (Å²) in [5.74, 6) is -0.590. The third kappa shape index (κ3) is 2.41. The number of fused-ring (bicyclic) bond motifs is 1. The summed E-state index contributed by atoms with van der Waals surface area (Å²) in [4.78, 5) is 23.4. The molecule has 0 saturated carbocycles. The minimum Gasteiger partial charge on any atom is -0.462 e. The van der Waals surface area contributed by atoms with Crippen LogP contribution < -0.4 is 10.9 Å². The quantitative estimate of drug-likeness (QED) is 0.835. The molecular formula is C15H15N3O3. The third-order valence-electron chi connectivity index (χ3n) is 3.30. The zero-order chi connectivity index (χ0) is 14.8. The summed E-state index contributed by atoms with van der Waals surface area (Å²) >= 11 is 0. The highest BCUT2D eigenvalue weighted by molar-refractivity contribution is 5.94. The predicted molar refractivity (Wildman–Crippen MR) is 76.5 cm³/mol. The van der Waals surface area contributed by atoms with Gasteiger partial charge in [0.25, 0.3) is 5.91 Å². The maximum absolute atomic E-state index is 12.2. The molecule has 1 amide bonds. The topological polar surface area (TPSA) is 71.8 Å². The predicted octanol–water partition coefficient (Wildman–Crippen LogP) is 1.35. The van der Waals surface area contributed by atoms with Gasteiger partial charge in [-0.25, -0.2) is 10.2 Å². The van der Waals surface area contributed by atoms with Crippen molar-refractivity contribution in [1.82, 2.24) is 15.3 Å². The zero-order valence-corrected chi connectivity index (χ0v) is 11.5. The minimum atomic E-state index is -0.372. The number of aromatic nitrogens is 1. The van der Waals surface area contributed by atoms with Gasteiger partial charge in [-0.3, -0.25) is 10.2 Å². The van der Waals surface area contributed by atoms with Crippen LogP contribution in [0, 0.1) is 0 Å². The van der Waals surface area contributed by atoms with Gasteiger partial charge in [-0.15, -0.1) is 0 Å². The number of nitrogens with zero attached hydrogens (tertiary/aromatic N) is 1. The van der Waals surface area contributed by atoms with Crippen LogP contribution in [0.4, 0.5) is 0 Å². The first kappa shape index (κ1) is 13.4. The standard InChI is InChI=1S/C15H15N3O3/c1-2-21-15(20)11-9-10-5-3-4-8-18(10)14(11)12-6-7-13(19)17-16-12/h3-9,12,16H,2H2,1H3,(H,17,19). The van der Waals surface area contributed by atoms with E-state index in [1.807, 2.05) is 28.8 Å². The van der Waals surface area contributed by atoms with Crippen molar-refractivity contribution in [3.05, 3.63) is 53.9 Å². The number of hydrazine groups is 1. The van der Waals surface area contributed by atoms with E-state index in [1.54, 1.807) is 19.1 Å². The Balaban J connectivity index is 2.13. The van der Waals surface area contributed by atoms with Crippen molar-refractivity contribution >= 4 is 17.4 Å². The lowest BCUT2D eigenvalue weighted by Gasteiger charge is -2.20. The Labute approximate surface area is 121 Å². The number of esters is 1. The second-order valence-corrected chi connectivity index (χ2v) is 4.63. The van der Waals surface area contributed by atoms with Crippen molar-refractivity contribution in [2.45, 2.75) is 13.0 Å². The second kappa shape index (κ2) is 5.41. The van der Waals surface area contributed by atoms with E-state index in [2.05, 4.69) is 10.9 Å². The molecule has 6 heteroatoms.